The molecular formula is C16H20ClIN4. The molecule has 2 rings (SSSR count). The molecule has 118 valence electrons. The van der Waals surface area contributed by atoms with Crippen molar-refractivity contribution < 1.29 is 0 Å². The molecule has 0 spiro atoms. The molecule has 0 bridgehead atoms. The number of rotatable bonds is 4. The van der Waals surface area contributed by atoms with Crippen LogP contribution in [0.4, 0.5) is 0 Å². The highest BCUT2D eigenvalue weighted by molar-refractivity contribution is 14.0. The minimum absolute atomic E-state index is 0. The number of hydrogen-bond acceptors (Lipinski definition) is 2. The quantitative estimate of drug-likeness (QED) is 0.349. The van der Waals surface area contributed by atoms with Crippen molar-refractivity contribution in [2.24, 2.45) is 4.99 Å². The lowest BCUT2D eigenvalue weighted by atomic mass is 10.2. The number of pyridine rings is 1. The highest BCUT2D eigenvalue weighted by Gasteiger charge is 2.02. The predicted octanol–water partition coefficient (Wildman–Crippen LogP) is 3.56. The summed E-state index contributed by atoms with van der Waals surface area (Å²) < 4.78 is 0. The molecule has 0 unspecified atom stereocenters. The predicted molar refractivity (Wildman–Crippen MR) is 103 cm³/mol. The zero-order valence-corrected chi connectivity index (χ0v) is 15.7. The molecule has 0 saturated heterocycles. The van der Waals surface area contributed by atoms with E-state index < -0.39 is 0 Å². The zero-order valence-electron chi connectivity index (χ0n) is 12.7. The summed E-state index contributed by atoms with van der Waals surface area (Å²) >= 11 is 5.77. The molecule has 1 N–H and O–H groups in total. The van der Waals surface area contributed by atoms with Crippen molar-refractivity contribution in [3.05, 3.63) is 64.9 Å². The maximum Gasteiger partial charge on any atom is 0.194 e. The number of aromatic nitrogens is 1. The fraction of sp³-hybridized carbons (Fsp3) is 0.250. The molecule has 2 aromatic rings. The second-order valence-electron chi connectivity index (χ2n) is 4.86. The Bertz CT molecular complexity index is 585. The smallest absolute Gasteiger partial charge is 0.194 e. The van der Waals surface area contributed by atoms with Gasteiger partial charge in [0.15, 0.2) is 5.96 Å². The lowest BCUT2D eigenvalue weighted by Crippen LogP contribution is -2.36. The zero-order chi connectivity index (χ0) is 15.1. The SMILES string of the molecule is CN(C)C(=NCc1ccc(Cl)nc1)NCc1ccccc1.I. The molecule has 1 aromatic heterocycles. The van der Waals surface area contributed by atoms with Crippen LogP contribution >= 0.6 is 35.6 Å². The summed E-state index contributed by atoms with van der Waals surface area (Å²) in [5, 5.41) is 3.84. The topological polar surface area (TPSA) is 40.5 Å². The number of aliphatic imine (C=N–C) groups is 1. The molecule has 4 nitrogen and oxygen atoms in total. The van der Waals surface area contributed by atoms with E-state index in [0.29, 0.717) is 11.7 Å². The minimum atomic E-state index is 0. The number of benzene rings is 1. The molecule has 0 aliphatic carbocycles. The Morgan fingerprint density at radius 3 is 2.45 bits per heavy atom. The van der Waals surface area contributed by atoms with Crippen LogP contribution in [-0.4, -0.2) is 29.9 Å². The van der Waals surface area contributed by atoms with Crippen LogP contribution in [0, 0.1) is 0 Å². The lowest BCUT2D eigenvalue weighted by Gasteiger charge is -2.17. The van der Waals surface area contributed by atoms with E-state index in [0.717, 1.165) is 18.1 Å². The van der Waals surface area contributed by atoms with Gasteiger partial charge in [-0.2, -0.15) is 0 Å². The average molecular weight is 431 g/mol. The minimum Gasteiger partial charge on any atom is -0.352 e. The molecule has 0 fully saturated rings. The molecule has 22 heavy (non-hydrogen) atoms. The van der Waals surface area contributed by atoms with Gasteiger partial charge in [0.2, 0.25) is 0 Å². The highest BCUT2D eigenvalue weighted by atomic mass is 127. The summed E-state index contributed by atoms with van der Waals surface area (Å²) in [6.45, 7) is 1.32. The lowest BCUT2D eigenvalue weighted by molar-refractivity contribution is 0.578. The molecule has 1 heterocycles. The Morgan fingerprint density at radius 2 is 1.86 bits per heavy atom. The summed E-state index contributed by atoms with van der Waals surface area (Å²) in [6, 6.07) is 14.0. The van der Waals surface area contributed by atoms with E-state index in [-0.39, 0.29) is 24.0 Å². The van der Waals surface area contributed by atoms with E-state index in [9.17, 15) is 0 Å². The van der Waals surface area contributed by atoms with Crippen molar-refractivity contribution in [3.63, 3.8) is 0 Å². The second-order valence-corrected chi connectivity index (χ2v) is 5.25. The average Bonchev–Trinajstić information content (AvgIpc) is 2.49. The number of halogens is 2. The van der Waals surface area contributed by atoms with Gasteiger partial charge in [0.25, 0.3) is 0 Å². The summed E-state index contributed by atoms with van der Waals surface area (Å²) in [5.74, 6) is 0.841. The van der Waals surface area contributed by atoms with Gasteiger partial charge in [-0.3, -0.25) is 0 Å². The van der Waals surface area contributed by atoms with Gasteiger partial charge in [-0.1, -0.05) is 48.0 Å². The molecule has 1 aromatic carbocycles. The van der Waals surface area contributed by atoms with Crippen LogP contribution in [0.2, 0.25) is 5.15 Å². The third-order valence-corrected chi connectivity index (χ3v) is 3.14. The van der Waals surface area contributed by atoms with E-state index in [1.807, 2.05) is 43.3 Å². The van der Waals surface area contributed by atoms with Crippen molar-refractivity contribution in [2.45, 2.75) is 13.1 Å². The molecular weight excluding hydrogens is 411 g/mol. The van der Waals surface area contributed by atoms with E-state index in [1.165, 1.54) is 5.56 Å². The summed E-state index contributed by atoms with van der Waals surface area (Å²) in [5.41, 5.74) is 2.25. The van der Waals surface area contributed by atoms with Crippen LogP contribution in [0.25, 0.3) is 0 Å². The normalized spacial score (nSPS) is 10.8. The van der Waals surface area contributed by atoms with Gasteiger partial charge in [-0.15, -0.1) is 24.0 Å². The van der Waals surface area contributed by atoms with Gasteiger partial charge < -0.3 is 10.2 Å². The molecule has 0 aliphatic rings. The molecule has 6 heteroatoms. The van der Waals surface area contributed by atoms with E-state index in [2.05, 4.69) is 27.4 Å². The van der Waals surface area contributed by atoms with Crippen LogP contribution in [0.3, 0.4) is 0 Å². The fourth-order valence-electron chi connectivity index (χ4n) is 1.80. The maximum atomic E-state index is 5.77. The third-order valence-electron chi connectivity index (χ3n) is 2.92. The van der Waals surface area contributed by atoms with E-state index in [4.69, 9.17) is 11.6 Å². The van der Waals surface area contributed by atoms with Crippen LogP contribution in [0.1, 0.15) is 11.1 Å². The second kappa shape index (κ2) is 9.63. The Morgan fingerprint density at radius 1 is 1.14 bits per heavy atom. The van der Waals surface area contributed by atoms with Crippen LogP contribution < -0.4 is 5.32 Å². The van der Waals surface area contributed by atoms with Crippen molar-refractivity contribution in [1.82, 2.24) is 15.2 Å². The molecule has 0 atom stereocenters. The molecule has 0 saturated carbocycles. The monoisotopic (exact) mass is 430 g/mol. The van der Waals surface area contributed by atoms with Crippen LogP contribution in [-0.2, 0) is 13.1 Å². The standard InChI is InChI=1S/C16H19ClN4.HI/c1-21(2)16(19-10-13-6-4-3-5-7-13)20-12-14-8-9-15(17)18-11-14;/h3-9,11H,10,12H2,1-2H3,(H,19,20);1H. The van der Waals surface area contributed by atoms with Crippen molar-refractivity contribution in [2.75, 3.05) is 14.1 Å². The number of nitrogens with one attached hydrogen (secondary N) is 1. The van der Waals surface area contributed by atoms with Gasteiger partial charge in [0, 0.05) is 26.8 Å². The summed E-state index contributed by atoms with van der Waals surface area (Å²) in [4.78, 5) is 10.6. The van der Waals surface area contributed by atoms with Gasteiger partial charge in [0.05, 0.1) is 6.54 Å². The molecule has 0 radical (unpaired) electrons. The van der Waals surface area contributed by atoms with Crippen LogP contribution in [0.15, 0.2) is 53.7 Å². The Labute approximate surface area is 153 Å². The summed E-state index contributed by atoms with van der Waals surface area (Å²) in [7, 11) is 3.94. The first-order chi connectivity index (χ1) is 10.1. The first-order valence-electron chi connectivity index (χ1n) is 6.75. The third kappa shape index (κ3) is 6.19. The van der Waals surface area contributed by atoms with Gasteiger partial charge in [-0.05, 0) is 17.2 Å². The van der Waals surface area contributed by atoms with Crippen LogP contribution in [0.5, 0.6) is 0 Å². The summed E-state index contributed by atoms with van der Waals surface area (Å²) in [6.07, 6.45) is 1.75. The fourth-order valence-corrected chi connectivity index (χ4v) is 1.91. The Hall–Kier alpha value is -1.34. The number of nitrogens with zero attached hydrogens (tertiary/aromatic N) is 3. The Balaban J connectivity index is 0.00000242. The number of hydrogen-bond donors (Lipinski definition) is 1. The van der Waals surface area contributed by atoms with Crippen molar-refractivity contribution in [1.29, 1.82) is 0 Å². The van der Waals surface area contributed by atoms with Gasteiger partial charge in [-0.25, -0.2) is 9.98 Å². The molecule has 0 aliphatic heterocycles. The van der Waals surface area contributed by atoms with Gasteiger partial charge in [0.1, 0.15) is 5.15 Å². The van der Waals surface area contributed by atoms with Crippen molar-refractivity contribution >= 4 is 41.5 Å². The maximum absolute atomic E-state index is 5.77. The molecule has 0 amide bonds. The highest BCUT2D eigenvalue weighted by Crippen LogP contribution is 2.06. The Kier molecular flexibility index (Phi) is 8.19. The van der Waals surface area contributed by atoms with Crippen molar-refractivity contribution in [3.8, 4) is 0 Å². The largest absolute Gasteiger partial charge is 0.352 e. The van der Waals surface area contributed by atoms with E-state index >= 15 is 0 Å². The number of guanidine groups is 1. The first kappa shape index (κ1) is 18.7. The van der Waals surface area contributed by atoms with Gasteiger partial charge >= 0.3 is 0 Å². The first-order valence-corrected chi connectivity index (χ1v) is 7.13. The van der Waals surface area contributed by atoms with E-state index in [1.54, 1.807) is 12.3 Å².